The van der Waals surface area contributed by atoms with E-state index in [-0.39, 0.29) is 17.9 Å². The molecule has 2 aromatic rings. The molecule has 1 saturated heterocycles. The molecule has 7 nitrogen and oxygen atoms in total. The second-order valence-electron chi connectivity index (χ2n) is 7.68. The topological polar surface area (TPSA) is 109 Å². The van der Waals surface area contributed by atoms with E-state index in [9.17, 15) is 9.59 Å². The zero-order valence-electron chi connectivity index (χ0n) is 16.9. The molecule has 3 rings (SSSR count). The highest BCUT2D eigenvalue weighted by Crippen LogP contribution is 2.19. The van der Waals surface area contributed by atoms with E-state index < -0.39 is 6.04 Å². The van der Waals surface area contributed by atoms with E-state index in [1.165, 1.54) is 5.56 Å². The van der Waals surface area contributed by atoms with Gasteiger partial charge in [0.05, 0.1) is 6.04 Å². The van der Waals surface area contributed by atoms with Crippen LogP contribution in [-0.2, 0) is 22.6 Å². The molecule has 0 unspecified atom stereocenters. The van der Waals surface area contributed by atoms with Crippen LogP contribution in [0.4, 0.5) is 5.82 Å². The number of anilines is 1. The zero-order valence-corrected chi connectivity index (χ0v) is 16.9. The molecule has 7 heteroatoms. The highest BCUT2D eigenvalue weighted by molar-refractivity contribution is 5.89. The third-order valence-corrected chi connectivity index (χ3v) is 5.33. The van der Waals surface area contributed by atoms with Crippen molar-refractivity contribution in [1.29, 1.82) is 0 Å². The Labute approximate surface area is 171 Å². The van der Waals surface area contributed by atoms with Crippen LogP contribution < -0.4 is 21.7 Å². The molecule has 2 heterocycles. The number of hydrogen-bond donors (Lipinski definition) is 4. The predicted molar refractivity (Wildman–Crippen MR) is 113 cm³/mol. The first kappa shape index (κ1) is 20.8. The molecule has 1 aliphatic heterocycles. The Morgan fingerprint density at radius 1 is 1.24 bits per heavy atom. The van der Waals surface area contributed by atoms with Gasteiger partial charge in [-0.15, -0.1) is 0 Å². The maximum absolute atomic E-state index is 12.5. The fourth-order valence-electron chi connectivity index (χ4n) is 3.62. The van der Waals surface area contributed by atoms with Gasteiger partial charge in [-0.2, -0.15) is 0 Å². The van der Waals surface area contributed by atoms with Gasteiger partial charge in [-0.25, -0.2) is 4.98 Å². The Bertz CT molecular complexity index is 856. The highest BCUT2D eigenvalue weighted by Gasteiger charge is 2.30. The quantitative estimate of drug-likeness (QED) is 0.565. The van der Waals surface area contributed by atoms with Crippen LogP contribution in [0.2, 0.25) is 0 Å². The number of aromatic nitrogens is 1. The van der Waals surface area contributed by atoms with Crippen LogP contribution in [0.15, 0.2) is 42.5 Å². The minimum atomic E-state index is -0.612. The molecule has 0 radical (unpaired) electrons. The van der Waals surface area contributed by atoms with Crippen molar-refractivity contribution < 1.29 is 9.59 Å². The number of aryl methyl sites for hydroxylation is 1. The first-order valence-electron chi connectivity index (χ1n) is 9.99. The normalized spacial score (nSPS) is 19.5. The molecule has 3 atom stereocenters. The summed E-state index contributed by atoms with van der Waals surface area (Å²) in [6, 6.07) is 13.0. The smallest absolute Gasteiger partial charge is 0.242 e. The van der Waals surface area contributed by atoms with Gasteiger partial charge in [-0.05, 0) is 56.3 Å². The van der Waals surface area contributed by atoms with E-state index in [4.69, 9.17) is 5.73 Å². The number of nitrogens with two attached hydrogens (primary N) is 1. The van der Waals surface area contributed by atoms with Crippen LogP contribution >= 0.6 is 0 Å². The summed E-state index contributed by atoms with van der Waals surface area (Å²) >= 11 is 0. The summed E-state index contributed by atoms with van der Waals surface area (Å²) in [6.07, 6.45) is 1.72. The molecule has 0 bridgehead atoms. The summed E-state index contributed by atoms with van der Waals surface area (Å²) in [5.74, 6) is 0.507. The number of nitrogens with one attached hydrogen (secondary N) is 3. The van der Waals surface area contributed by atoms with Gasteiger partial charge in [-0.1, -0.05) is 36.4 Å². The molecule has 1 fully saturated rings. The van der Waals surface area contributed by atoms with Gasteiger partial charge in [0, 0.05) is 12.2 Å². The number of carbonyl (C=O) groups is 2. The number of nitrogen functional groups attached to an aromatic ring is 1. The van der Waals surface area contributed by atoms with Crippen LogP contribution in [0.1, 0.15) is 30.2 Å². The third-order valence-electron chi connectivity index (χ3n) is 5.33. The number of rotatable bonds is 7. The van der Waals surface area contributed by atoms with Crippen molar-refractivity contribution in [1.82, 2.24) is 20.9 Å². The minimum Gasteiger partial charge on any atom is -0.384 e. The molecule has 1 aliphatic rings. The van der Waals surface area contributed by atoms with E-state index in [2.05, 4.69) is 33.1 Å². The molecule has 1 aromatic heterocycles. The van der Waals surface area contributed by atoms with Crippen LogP contribution in [0.25, 0.3) is 0 Å². The number of amides is 2. The van der Waals surface area contributed by atoms with Gasteiger partial charge < -0.3 is 21.7 Å². The lowest BCUT2D eigenvalue weighted by molar-refractivity contribution is -0.129. The monoisotopic (exact) mass is 395 g/mol. The zero-order chi connectivity index (χ0) is 20.8. The molecular formula is C22H29N5O2. The summed E-state index contributed by atoms with van der Waals surface area (Å²) in [7, 11) is 0. The highest BCUT2D eigenvalue weighted by atomic mass is 16.2. The molecule has 1 aromatic carbocycles. The number of carbonyl (C=O) groups excluding carboxylic acids is 2. The van der Waals surface area contributed by atoms with Gasteiger partial charge >= 0.3 is 0 Å². The lowest BCUT2D eigenvalue weighted by Crippen LogP contribution is -2.50. The standard InChI is InChI=1S/C22H29N5O2/c1-14-18(8-9-20(23)26-14)13-25-21(28)15(2)27-22(29)19-11-17(12-24-19)10-16-6-4-3-5-7-16/h3-9,15,17,19,24H,10-13H2,1-2H3,(H2,23,26)(H,25,28)(H,27,29)/t15-,17-,19+/m0/s1. The van der Waals surface area contributed by atoms with Crippen molar-refractivity contribution in [3.8, 4) is 0 Å². The van der Waals surface area contributed by atoms with E-state index in [1.54, 1.807) is 13.0 Å². The lowest BCUT2D eigenvalue weighted by Gasteiger charge is -2.17. The predicted octanol–water partition coefficient (Wildman–Crippen LogP) is 1.31. The Morgan fingerprint density at radius 2 is 2.00 bits per heavy atom. The van der Waals surface area contributed by atoms with Gasteiger partial charge in [-0.3, -0.25) is 9.59 Å². The molecule has 0 aliphatic carbocycles. The van der Waals surface area contributed by atoms with E-state index in [0.29, 0.717) is 18.3 Å². The molecule has 29 heavy (non-hydrogen) atoms. The first-order valence-corrected chi connectivity index (χ1v) is 9.99. The van der Waals surface area contributed by atoms with Gasteiger partial charge in [0.2, 0.25) is 11.8 Å². The second-order valence-corrected chi connectivity index (χ2v) is 7.68. The SMILES string of the molecule is Cc1nc(N)ccc1CNC(=O)[C@H](C)NC(=O)[C@H]1C[C@H](Cc2ccccc2)CN1. The number of nitrogens with zero attached hydrogens (tertiary/aromatic N) is 1. The third kappa shape index (κ3) is 5.77. The Morgan fingerprint density at radius 3 is 2.72 bits per heavy atom. The summed E-state index contributed by atoms with van der Waals surface area (Å²) in [4.78, 5) is 29.1. The van der Waals surface area contributed by atoms with Crippen molar-refractivity contribution in [3.05, 3.63) is 59.3 Å². The van der Waals surface area contributed by atoms with Gasteiger partial charge in [0.1, 0.15) is 11.9 Å². The van der Waals surface area contributed by atoms with Gasteiger partial charge in [0.15, 0.2) is 0 Å². The van der Waals surface area contributed by atoms with E-state index in [0.717, 1.165) is 30.6 Å². The summed E-state index contributed by atoms with van der Waals surface area (Å²) in [5, 5.41) is 8.94. The van der Waals surface area contributed by atoms with Crippen LogP contribution in [0, 0.1) is 12.8 Å². The van der Waals surface area contributed by atoms with E-state index >= 15 is 0 Å². The Balaban J connectivity index is 1.44. The summed E-state index contributed by atoms with van der Waals surface area (Å²) in [5.41, 5.74) is 8.60. The fourth-order valence-corrected chi connectivity index (χ4v) is 3.62. The largest absolute Gasteiger partial charge is 0.384 e. The summed E-state index contributed by atoms with van der Waals surface area (Å²) in [6.45, 7) is 4.69. The van der Waals surface area contributed by atoms with Crippen LogP contribution in [-0.4, -0.2) is 35.4 Å². The Kier molecular flexibility index (Phi) is 6.82. The van der Waals surface area contributed by atoms with Crippen molar-refractivity contribution in [2.75, 3.05) is 12.3 Å². The van der Waals surface area contributed by atoms with Crippen molar-refractivity contribution >= 4 is 17.6 Å². The number of hydrogen-bond acceptors (Lipinski definition) is 5. The summed E-state index contributed by atoms with van der Waals surface area (Å²) < 4.78 is 0. The number of benzene rings is 1. The van der Waals surface area contributed by atoms with E-state index in [1.807, 2.05) is 31.2 Å². The fraction of sp³-hybridized carbons (Fsp3) is 0.409. The molecule has 0 saturated carbocycles. The number of pyridine rings is 1. The lowest BCUT2D eigenvalue weighted by atomic mass is 9.96. The second kappa shape index (κ2) is 9.52. The van der Waals surface area contributed by atoms with Gasteiger partial charge in [0.25, 0.3) is 0 Å². The average molecular weight is 396 g/mol. The molecule has 154 valence electrons. The van der Waals surface area contributed by atoms with Crippen molar-refractivity contribution in [2.45, 2.75) is 45.3 Å². The van der Waals surface area contributed by atoms with Crippen molar-refractivity contribution in [2.24, 2.45) is 5.92 Å². The van der Waals surface area contributed by atoms with Crippen molar-refractivity contribution in [3.63, 3.8) is 0 Å². The van der Waals surface area contributed by atoms with Crippen LogP contribution in [0.3, 0.4) is 0 Å². The molecular weight excluding hydrogens is 366 g/mol. The minimum absolute atomic E-state index is 0.131. The maximum Gasteiger partial charge on any atom is 0.242 e. The maximum atomic E-state index is 12.5. The Hall–Kier alpha value is -2.93. The molecule has 2 amide bonds. The first-order chi connectivity index (χ1) is 13.9. The molecule has 0 spiro atoms. The average Bonchev–Trinajstić information content (AvgIpc) is 3.16. The van der Waals surface area contributed by atoms with Crippen LogP contribution in [0.5, 0.6) is 0 Å². The molecule has 5 N–H and O–H groups in total.